The van der Waals surface area contributed by atoms with E-state index >= 15 is 0 Å². The van der Waals surface area contributed by atoms with Gasteiger partial charge in [-0.25, -0.2) is 0 Å². The van der Waals surface area contributed by atoms with Crippen LogP contribution in [0.5, 0.6) is 5.75 Å². The Balaban J connectivity index is 1.98. The van der Waals surface area contributed by atoms with Crippen molar-refractivity contribution in [2.24, 2.45) is 28.3 Å². The summed E-state index contributed by atoms with van der Waals surface area (Å²) in [6.45, 7) is 6.07. The van der Waals surface area contributed by atoms with Gasteiger partial charge in [-0.1, -0.05) is 88.7 Å². The molecule has 9 amide bonds. The minimum absolute atomic E-state index is 0.0177. The van der Waals surface area contributed by atoms with Gasteiger partial charge in [0.2, 0.25) is 53.2 Å². The van der Waals surface area contributed by atoms with Crippen molar-refractivity contribution in [3.05, 3.63) is 77.9 Å². The van der Waals surface area contributed by atoms with Crippen LogP contribution in [0, 0.1) is 11.8 Å². The highest BCUT2D eigenvalue weighted by molar-refractivity contribution is 5.98. The van der Waals surface area contributed by atoms with Gasteiger partial charge in [-0.05, 0) is 73.6 Å². The van der Waals surface area contributed by atoms with Crippen molar-refractivity contribution in [2.45, 2.75) is 147 Å². The SMILES string of the molecule is CCC(C)[C@H](NC(=O)CN1C/C=C\CCC(=O)NC(Cc2ccccc2)C(=O)N[C@@H](CCC(=O)O)C1=O)C(=O)N[C@@H](Cc1ccc(O)cc1)C(=O)N[C@@H](CCCN=C(N)N)C(=O)N[C@@H](CC(C)C)C(=O)N[C@@H](CCC(=O)O)C(=O)NC. The third kappa shape index (κ3) is 24.5. The molecule has 0 radical (unpaired) electrons. The Bertz CT molecular complexity index is 2540. The summed E-state index contributed by atoms with van der Waals surface area (Å²) in [6, 6.07) is 5.10. The second-order valence-electron chi connectivity index (χ2n) is 20.2. The number of rotatable bonds is 30. The normalized spacial score (nSPS) is 17.5. The van der Waals surface area contributed by atoms with E-state index in [1.54, 1.807) is 70.2 Å². The van der Waals surface area contributed by atoms with Crippen LogP contribution in [0.4, 0.5) is 0 Å². The number of guanidine groups is 1. The van der Waals surface area contributed by atoms with E-state index in [4.69, 9.17) is 11.5 Å². The quantitative estimate of drug-likeness (QED) is 0.0200. The van der Waals surface area contributed by atoms with Crippen LogP contribution in [-0.2, 0) is 65.6 Å². The number of nitrogens with zero attached hydrogens (tertiary/aromatic N) is 2. The minimum atomic E-state index is -1.48. The number of carboxylic acids is 2. The highest BCUT2D eigenvalue weighted by Crippen LogP contribution is 2.16. The molecule has 3 rings (SSSR count). The number of hydrogen-bond acceptors (Lipinski definition) is 13. The van der Waals surface area contributed by atoms with Crippen LogP contribution in [0.1, 0.15) is 103 Å². The Kier molecular flexibility index (Phi) is 28.4. The molecule has 0 saturated carbocycles. The van der Waals surface area contributed by atoms with Gasteiger partial charge >= 0.3 is 11.9 Å². The van der Waals surface area contributed by atoms with Gasteiger partial charge in [0.1, 0.15) is 48.0 Å². The number of amides is 9. The van der Waals surface area contributed by atoms with Gasteiger partial charge < -0.3 is 74.2 Å². The number of hydrogen-bond donors (Lipinski definition) is 13. The van der Waals surface area contributed by atoms with Crippen molar-refractivity contribution in [2.75, 3.05) is 26.7 Å². The lowest BCUT2D eigenvalue weighted by molar-refractivity contribution is -0.142. The fraction of sp³-hybridized carbons (Fsp3) is 0.527. The van der Waals surface area contributed by atoms with E-state index in [1.165, 1.54) is 31.3 Å². The number of phenols is 1. The van der Waals surface area contributed by atoms with Crippen LogP contribution in [0.3, 0.4) is 0 Å². The summed E-state index contributed by atoms with van der Waals surface area (Å²) >= 11 is 0. The van der Waals surface area contributed by atoms with E-state index in [9.17, 15) is 68.1 Å². The Morgan fingerprint density at radius 2 is 1.32 bits per heavy atom. The molecule has 1 aliphatic rings. The third-order valence-corrected chi connectivity index (χ3v) is 13.1. The lowest BCUT2D eigenvalue weighted by Crippen LogP contribution is -2.60. The standard InChI is InChI=1S/C55H80N12O14/c1-6-33(4)47(66-44(70)31-67-27-12-8-11-17-43(69)60-41(29-34-14-9-7-10-15-34)51(78)63-39(54(67)81)23-25-46(73)74)53(80)65-42(30-35-18-20-36(68)21-19-35)52(79)61-37(16-13-26-59-55(56)57)49(76)64-40(28-32(2)3)50(77)62-38(48(75)58-5)22-24-45(71)72/h7-10,12,14-15,18-21,32-33,37-42,47,68H,6,11,13,16-17,22-31H2,1-5H3,(H,58,75)(H,60,69)(H,61,79)(H,62,77)(H,63,78)(H,64,76)(H,65,80)(H,66,70)(H,71,72)(H,73,74)(H4,56,57,59)/b12-8-/t33?,37-,38-,39-,40-,41?,42-,47-/m0/s1. The molecule has 81 heavy (non-hydrogen) atoms. The number of aromatic hydroxyl groups is 1. The molecule has 2 aromatic carbocycles. The largest absolute Gasteiger partial charge is 0.508 e. The first-order valence-corrected chi connectivity index (χ1v) is 27.0. The molecule has 0 saturated heterocycles. The van der Waals surface area contributed by atoms with Crippen molar-refractivity contribution in [3.8, 4) is 5.75 Å². The van der Waals surface area contributed by atoms with E-state index in [2.05, 4.69) is 47.5 Å². The zero-order valence-electron chi connectivity index (χ0n) is 46.5. The maximum atomic E-state index is 14.6. The first-order chi connectivity index (χ1) is 38.4. The number of benzene rings is 2. The summed E-state index contributed by atoms with van der Waals surface area (Å²) in [5.74, 6) is -10.5. The lowest BCUT2D eigenvalue weighted by Gasteiger charge is -2.30. The average molecular weight is 1130 g/mol. The Morgan fingerprint density at radius 1 is 0.716 bits per heavy atom. The molecule has 0 bridgehead atoms. The van der Waals surface area contributed by atoms with Crippen molar-refractivity contribution in [3.63, 3.8) is 0 Å². The van der Waals surface area contributed by atoms with Crippen LogP contribution >= 0.6 is 0 Å². The van der Waals surface area contributed by atoms with Gasteiger partial charge in [0.15, 0.2) is 5.96 Å². The number of nitrogens with one attached hydrogen (secondary N) is 8. The first kappa shape index (κ1) is 66.7. The molecule has 0 fully saturated rings. The monoisotopic (exact) mass is 1130 g/mol. The average Bonchev–Trinajstić information content (AvgIpc) is 3.42. The Hall–Kier alpha value is -8.58. The summed E-state index contributed by atoms with van der Waals surface area (Å²) in [6.07, 6.45) is 1.92. The highest BCUT2D eigenvalue weighted by Gasteiger charge is 2.36. The molecule has 0 spiro atoms. The number of aliphatic imine (C=N–C) groups is 1. The topological polar surface area (TPSA) is 412 Å². The van der Waals surface area contributed by atoms with E-state index in [1.807, 2.05) is 0 Å². The van der Waals surface area contributed by atoms with E-state index < -0.39 is 133 Å². The zero-order chi connectivity index (χ0) is 60.2. The number of aliphatic carboxylic acids is 2. The summed E-state index contributed by atoms with van der Waals surface area (Å²) < 4.78 is 0. The maximum absolute atomic E-state index is 14.6. The summed E-state index contributed by atoms with van der Waals surface area (Å²) in [4.78, 5) is 154. The molecule has 444 valence electrons. The van der Waals surface area contributed by atoms with Gasteiger partial charge in [-0.3, -0.25) is 57.7 Å². The van der Waals surface area contributed by atoms with Crippen LogP contribution in [0.2, 0.25) is 0 Å². The number of carbonyl (C=O) groups excluding carboxylic acids is 9. The molecule has 26 nitrogen and oxygen atoms in total. The molecular weight excluding hydrogens is 1050 g/mol. The predicted molar refractivity (Wildman–Crippen MR) is 297 cm³/mol. The predicted octanol–water partition coefficient (Wildman–Crippen LogP) is -0.629. The second-order valence-corrected chi connectivity index (χ2v) is 20.2. The number of carbonyl (C=O) groups is 11. The van der Waals surface area contributed by atoms with Gasteiger partial charge in [0.25, 0.3) is 0 Å². The number of nitrogens with two attached hydrogens (primary N) is 2. The molecule has 15 N–H and O–H groups in total. The highest BCUT2D eigenvalue weighted by atomic mass is 16.4. The number of carboxylic acid groups (broad SMARTS) is 2. The molecule has 1 heterocycles. The molecule has 2 unspecified atom stereocenters. The van der Waals surface area contributed by atoms with E-state index in [-0.39, 0.29) is 88.5 Å². The van der Waals surface area contributed by atoms with Crippen molar-refractivity contribution >= 4 is 71.1 Å². The Labute approximate surface area is 470 Å². The van der Waals surface area contributed by atoms with Gasteiger partial charge in [-0.2, -0.15) is 0 Å². The maximum Gasteiger partial charge on any atom is 0.303 e. The van der Waals surface area contributed by atoms with E-state index in [0.717, 1.165) is 4.90 Å². The van der Waals surface area contributed by atoms with Crippen LogP contribution in [0.25, 0.3) is 0 Å². The summed E-state index contributed by atoms with van der Waals surface area (Å²) in [5, 5.41) is 49.9. The zero-order valence-corrected chi connectivity index (χ0v) is 46.5. The molecule has 1 aliphatic heterocycles. The number of phenolic OH excluding ortho intramolecular Hbond substituents is 1. The van der Waals surface area contributed by atoms with Crippen LogP contribution < -0.4 is 54.0 Å². The smallest absolute Gasteiger partial charge is 0.303 e. The minimum Gasteiger partial charge on any atom is -0.508 e. The van der Waals surface area contributed by atoms with Gasteiger partial charge in [0.05, 0.1) is 6.54 Å². The summed E-state index contributed by atoms with van der Waals surface area (Å²) in [7, 11) is 1.31. The third-order valence-electron chi connectivity index (χ3n) is 13.1. The molecule has 26 heteroatoms. The van der Waals surface area contributed by atoms with E-state index in [0.29, 0.717) is 17.5 Å². The second kappa shape index (κ2) is 34.4. The van der Waals surface area contributed by atoms with Crippen molar-refractivity contribution in [1.82, 2.24) is 47.4 Å². The fourth-order valence-electron chi connectivity index (χ4n) is 8.55. The number of likely N-dealkylation sites (N-methyl/N-ethyl adjacent to an activating group) is 1. The molecule has 8 atom stereocenters. The van der Waals surface area contributed by atoms with Crippen LogP contribution in [0.15, 0.2) is 71.7 Å². The van der Waals surface area contributed by atoms with Gasteiger partial charge in [-0.15, -0.1) is 0 Å². The molecule has 0 aromatic heterocycles. The summed E-state index contributed by atoms with van der Waals surface area (Å²) in [5.41, 5.74) is 12.2. The Morgan fingerprint density at radius 3 is 1.93 bits per heavy atom. The number of allylic oxidation sites excluding steroid dienone is 1. The van der Waals surface area contributed by atoms with Crippen LogP contribution in [-0.4, -0.2) is 160 Å². The molecular formula is C55H80N12O14. The molecule has 2 aromatic rings. The van der Waals surface area contributed by atoms with Crippen molar-refractivity contribution in [1.29, 1.82) is 0 Å². The molecule has 0 aliphatic carbocycles. The fourth-order valence-corrected chi connectivity index (χ4v) is 8.55. The lowest BCUT2D eigenvalue weighted by atomic mass is 9.97. The van der Waals surface area contributed by atoms with Gasteiger partial charge in [0, 0.05) is 52.2 Å². The van der Waals surface area contributed by atoms with Crippen molar-refractivity contribution < 1.29 is 68.1 Å². The first-order valence-electron chi connectivity index (χ1n) is 27.0.